The van der Waals surface area contributed by atoms with Crippen molar-refractivity contribution in [1.82, 2.24) is 0 Å². The van der Waals surface area contributed by atoms with Gasteiger partial charge in [0.15, 0.2) is 0 Å². The Balaban J connectivity index is 1.77. The Morgan fingerprint density at radius 2 is 1.95 bits per heavy atom. The lowest BCUT2D eigenvalue weighted by Gasteiger charge is -2.42. The van der Waals surface area contributed by atoms with E-state index in [-0.39, 0.29) is 11.8 Å². The summed E-state index contributed by atoms with van der Waals surface area (Å²) in [7, 11) is 0. The molecule has 5 unspecified atom stereocenters. The summed E-state index contributed by atoms with van der Waals surface area (Å²) in [6.07, 6.45) is 4.78. The van der Waals surface area contributed by atoms with Crippen molar-refractivity contribution in [2.24, 2.45) is 28.9 Å². The predicted octanol–water partition coefficient (Wildman–Crippen LogP) is 2.87. The molecule has 0 saturated heterocycles. The maximum atomic E-state index is 11.8. The highest BCUT2D eigenvalue weighted by atomic mass is 16.1. The van der Waals surface area contributed by atoms with E-state index in [0.717, 1.165) is 12.8 Å². The second-order valence-corrected chi connectivity index (χ2v) is 7.38. The summed E-state index contributed by atoms with van der Waals surface area (Å²) in [4.78, 5) is 11.8. The summed E-state index contributed by atoms with van der Waals surface area (Å²) in [5.41, 5.74) is 7.83. The smallest absolute Gasteiger partial charge is 0.221 e. The minimum Gasteiger partial charge on any atom is -0.369 e. The van der Waals surface area contributed by atoms with Gasteiger partial charge in [-0.25, -0.2) is 0 Å². The standard InChI is InChI=1S/C17H21NO/c1-16-7-11-8-17(10-16,12-5-3-2-4-6-12)9-13(16)14(11)15(18)19/h2-6,11,13-14H,7-10H2,1H3,(H2,18,19). The van der Waals surface area contributed by atoms with Crippen LogP contribution >= 0.6 is 0 Å². The van der Waals surface area contributed by atoms with E-state index in [1.165, 1.54) is 18.4 Å². The molecule has 5 rings (SSSR count). The van der Waals surface area contributed by atoms with Crippen molar-refractivity contribution in [3.8, 4) is 0 Å². The van der Waals surface area contributed by atoms with Crippen LogP contribution in [0.4, 0.5) is 0 Å². The van der Waals surface area contributed by atoms with E-state index < -0.39 is 0 Å². The molecule has 0 radical (unpaired) electrons. The molecule has 2 N–H and O–H groups in total. The first kappa shape index (κ1) is 11.5. The summed E-state index contributed by atoms with van der Waals surface area (Å²) in [6.45, 7) is 2.39. The van der Waals surface area contributed by atoms with E-state index in [2.05, 4.69) is 37.3 Å². The number of carbonyl (C=O) groups is 1. The molecule has 2 heteroatoms. The summed E-state index contributed by atoms with van der Waals surface area (Å²) >= 11 is 0. The Kier molecular flexibility index (Phi) is 2.07. The van der Waals surface area contributed by atoms with Crippen molar-refractivity contribution < 1.29 is 4.79 Å². The van der Waals surface area contributed by atoms with Crippen molar-refractivity contribution in [2.45, 2.75) is 38.0 Å². The fraction of sp³-hybridized carbons (Fsp3) is 0.588. The van der Waals surface area contributed by atoms with Gasteiger partial charge < -0.3 is 5.73 Å². The van der Waals surface area contributed by atoms with E-state index in [4.69, 9.17) is 5.73 Å². The van der Waals surface area contributed by atoms with E-state index in [0.29, 0.717) is 22.7 Å². The predicted molar refractivity (Wildman–Crippen MR) is 74.4 cm³/mol. The molecule has 2 nitrogen and oxygen atoms in total. The minimum absolute atomic E-state index is 0.0534. The van der Waals surface area contributed by atoms with Gasteiger partial charge in [-0.05, 0) is 53.9 Å². The number of primary amides is 1. The van der Waals surface area contributed by atoms with Crippen LogP contribution in [0.3, 0.4) is 0 Å². The molecule has 4 aliphatic carbocycles. The van der Waals surface area contributed by atoms with Crippen LogP contribution in [0.15, 0.2) is 30.3 Å². The Morgan fingerprint density at radius 1 is 1.21 bits per heavy atom. The molecule has 0 spiro atoms. The van der Waals surface area contributed by atoms with E-state index in [9.17, 15) is 4.79 Å². The molecule has 4 bridgehead atoms. The van der Waals surface area contributed by atoms with Gasteiger partial charge in [-0.1, -0.05) is 37.3 Å². The van der Waals surface area contributed by atoms with Crippen LogP contribution in [0.2, 0.25) is 0 Å². The van der Waals surface area contributed by atoms with Gasteiger partial charge in [0.25, 0.3) is 0 Å². The Hall–Kier alpha value is -1.31. The van der Waals surface area contributed by atoms with E-state index in [1.807, 2.05) is 0 Å². The molecular formula is C17H21NO. The lowest BCUT2D eigenvalue weighted by Crippen LogP contribution is -2.40. The third-order valence-electron chi connectivity index (χ3n) is 6.29. The summed E-state index contributed by atoms with van der Waals surface area (Å²) in [5.74, 6) is 1.13. The highest BCUT2D eigenvalue weighted by Gasteiger charge is 2.67. The van der Waals surface area contributed by atoms with Gasteiger partial charge in [0.2, 0.25) is 5.91 Å². The number of benzene rings is 1. The quantitative estimate of drug-likeness (QED) is 0.867. The molecule has 1 aromatic carbocycles. The average Bonchev–Trinajstić information content (AvgIpc) is 2.70. The number of hydrogen-bond donors (Lipinski definition) is 1. The third-order valence-corrected chi connectivity index (χ3v) is 6.29. The van der Waals surface area contributed by atoms with Gasteiger partial charge in [-0.15, -0.1) is 0 Å². The van der Waals surface area contributed by atoms with Crippen LogP contribution < -0.4 is 5.73 Å². The highest BCUT2D eigenvalue weighted by molar-refractivity contribution is 5.78. The topological polar surface area (TPSA) is 43.1 Å². The minimum atomic E-state index is -0.0534. The maximum absolute atomic E-state index is 11.8. The van der Waals surface area contributed by atoms with Gasteiger partial charge in [-0.2, -0.15) is 0 Å². The molecule has 0 heterocycles. The fourth-order valence-corrected chi connectivity index (χ4v) is 5.90. The summed E-state index contributed by atoms with van der Waals surface area (Å²) in [5, 5.41) is 0. The molecule has 19 heavy (non-hydrogen) atoms. The molecule has 5 atom stereocenters. The molecule has 4 aliphatic rings. The average molecular weight is 255 g/mol. The number of hydrogen-bond acceptors (Lipinski definition) is 1. The van der Waals surface area contributed by atoms with Gasteiger partial charge in [0.05, 0.1) is 0 Å². The van der Waals surface area contributed by atoms with Crippen molar-refractivity contribution in [3.05, 3.63) is 35.9 Å². The largest absolute Gasteiger partial charge is 0.369 e. The van der Waals surface area contributed by atoms with Crippen LogP contribution in [0.5, 0.6) is 0 Å². The first-order valence-electron chi connectivity index (χ1n) is 7.39. The van der Waals surface area contributed by atoms with Crippen molar-refractivity contribution >= 4 is 5.91 Å². The second kappa shape index (κ2) is 3.41. The SMILES string of the molecule is CC12CC3CC(c4ccccc4)(CC1C3C(N)=O)C2. The third kappa shape index (κ3) is 1.35. The van der Waals surface area contributed by atoms with Crippen molar-refractivity contribution in [3.63, 3.8) is 0 Å². The summed E-state index contributed by atoms with van der Waals surface area (Å²) in [6, 6.07) is 10.9. The Bertz CT molecular complexity index is 539. The van der Waals surface area contributed by atoms with Crippen LogP contribution in [-0.2, 0) is 10.2 Å². The van der Waals surface area contributed by atoms with E-state index in [1.54, 1.807) is 0 Å². The second-order valence-electron chi connectivity index (χ2n) is 7.38. The zero-order chi connectivity index (χ0) is 13.3. The first-order chi connectivity index (χ1) is 9.04. The molecule has 4 saturated carbocycles. The lowest BCUT2D eigenvalue weighted by molar-refractivity contribution is -0.125. The highest BCUT2D eigenvalue weighted by Crippen LogP contribution is 2.72. The Morgan fingerprint density at radius 3 is 2.58 bits per heavy atom. The zero-order valence-corrected chi connectivity index (χ0v) is 11.4. The van der Waals surface area contributed by atoms with Crippen LogP contribution in [0.25, 0.3) is 0 Å². The van der Waals surface area contributed by atoms with E-state index >= 15 is 0 Å². The van der Waals surface area contributed by atoms with Crippen molar-refractivity contribution in [2.75, 3.05) is 0 Å². The summed E-state index contributed by atoms with van der Waals surface area (Å²) < 4.78 is 0. The molecule has 1 aromatic rings. The molecule has 0 aliphatic heterocycles. The van der Waals surface area contributed by atoms with Crippen molar-refractivity contribution in [1.29, 1.82) is 0 Å². The van der Waals surface area contributed by atoms with Gasteiger partial charge in [-0.3, -0.25) is 4.79 Å². The first-order valence-corrected chi connectivity index (χ1v) is 7.39. The molecule has 4 fully saturated rings. The van der Waals surface area contributed by atoms with Gasteiger partial charge in [0.1, 0.15) is 0 Å². The van der Waals surface area contributed by atoms with Gasteiger partial charge in [0, 0.05) is 5.92 Å². The maximum Gasteiger partial charge on any atom is 0.221 e. The number of carbonyl (C=O) groups excluding carboxylic acids is 1. The number of amides is 1. The molecule has 1 amide bonds. The zero-order valence-electron chi connectivity index (χ0n) is 11.4. The molecular weight excluding hydrogens is 234 g/mol. The van der Waals surface area contributed by atoms with Crippen LogP contribution in [0.1, 0.15) is 38.2 Å². The molecule has 0 aromatic heterocycles. The normalized spacial score (nSPS) is 46.7. The Labute approximate surface area is 114 Å². The number of nitrogens with two attached hydrogens (primary N) is 1. The van der Waals surface area contributed by atoms with Gasteiger partial charge >= 0.3 is 0 Å². The molecule has 100 valence electrons. The van der Waals surface area contributed by atoms with Crippen LogP contribution in [0, 0.1) is 23.2 Å². The monoisotopic (exact) mass is 255 g/mol. The number of rotatable bonds is 2. The fourth-order valence-electron chi connectivity index (χ4n) is 5.90. The lowest BCUT2D eigenvalue weighted by atomic mass is 9.62. The van der Waals surface area contributed by atoms with Crippen LogP contribution in [-0.4, -0.2) is 5.91 Å².